The molecule has 278 valence electrons. The highest BCUT2D eigenvalue weighted by atomic mass is 35.5. The van der Waals surface area contributed by atoms with E-state index in [9.17, 15) is 14.6 Å². The van der Waals surface area contributed by atoms with Gasteiger partial charge in [-0.2, -0.15) is 5.10 Å². The summed E-state index contributed by atoms with van der Waals surface area (Å²) in [6.07, 6.45) is 2.06. The number of nitrogens with one attached hydrogen (secondary N) is 1. The number of rotatable bonds is 7. The number of ketones is 1. The molecule has 1 saturated heterocycles. The molecule has 1 amide bonds. The summed E-state index contributed by atoms with van der Waals surface area (Å²) in [7, 11) is 1.21. The van der Waals surface area contributed by atoms with E-state index in [4.69, 9.17) is 32.5 Å². The van der Waals surface area contributed by atoms with Gasteiger partial charge in [-0.05, 0) is 96.2 Å². The minimum atomic E-state index is -0.916. The fourth-order valence-electron chi connectivity index (χ4n) is 6.72. The number of hydrogen-bond donors (Lipinski definition) is 2. The number of piperazine rings is 1. The van der Waals surface area contributed by atoms with Crippen LogP contribution >= 0.6 is 35.6 Å². The molecule has 0 spiro atoms. The maximum atomic E-state index is 12.7. The molecule has 5 aromatic rings. The van der Waals surface area contributed by atoms with Crippen LogP contribution in [0.3, 0.4) is 0 Å². The van der Waals surface area contributed by atoms with Gasteiger partial charge in [0.05, 0.1) is 40.2 Å². The molecule has 3 aliphatic heterocycles. The number of anilines is 2. The van der Waals surface area contributed by atoms with Gasteiger partial charge in [-0.3, -0.25) is 9.59 Å². The molecule has 1 fully saturated rings. The molecular formula is C39H40B2Cl3N5O5. The summed E-state index contributed by atoms with van der Waals surface area (Å²) in [6, 6.07) is 24.4. The molecule has 4 aromatic carbocycles. The van der Waals surface area contributed by atoms with Crippen molar-refractivity contribution in [3.8, 4) is 5.69 Å². The molecule has 0 bridgehead atoms. The van der Waals surface area contributed by atoms with E-state index in [-0.39, 0.29) is 37.4 Å². The largest absolute Gasteiger partial charge is 0.491 e. The van der Waals surface area contributed by atoms with Gasteiger partial charge in [0.25, 0.3) is 5.91 Å². The molecule has 8 rings (SSSR count). The Morgan fingerprint density at radius 2 is 1.50 bits per heavy atom. The number of nitrogens with zero attached hydrogens (tertiary/aromatic N) is 4. The highest BCUT2D eigenvalue weighted by molar-refractivity contribution is 6.67. The maximum Gasteiger partial charge on any atom is 0.491 e. The molecule has 0 atom stereocenters. The van der Waals surface area contributed by atoms with Gasteiger partial charge in [-0.25, -0.2) is 4.68 Å². The second kappa shape index (κ2) is 17.1. The van der Waals surface area contributed by atoms with Gasteiger partial charge in [-0.15, -0.1) is 12.4 Å². The average molecular weight is 787 g/mol. The van der Waals surface area contributed by atoms with Crippen molar-refractivity contribution < 1.29 is 23.9 Å². The van der Waals surface area contributed by atoms with Gasteiger partial charge >= 0.3 is 14.0 Å². The van der Waals surface area contributed by atoms with Gasteiger partial charge in [0, 0.05) is 55.7 Å². The average Bonchev–Trinajstić information content (AvgIpc) is 3.86. The molecule has 1 aromatic heterocycles. The first-order chi connectivity index (χ1) is 25.5. The first-order valence-corrected chi connectivity index (χ1v) is 18.3. The zero-order valence-electron chi connectivity index (χ0n) is 30.2. The molecule has 2 N–H and O–H groups in total. The van der Waals surface area contributed by atoms with E-state index >= 15 is 0 Å². The number of amides is 1. The maximum absolute atomic E-state index is 12.7. The van der Waals surface area contributed by atoms with Crippen molar-refractivity contribution in [3.63, 3.8) is 0 Å². The molecule has 10 nitrogen and oxygen atoms in total. The van der Waals surface area contributed by atoms with Crippen molar-refractivity contribution in [3.05, 3.63) is 129 Å². The van der Waals surface area contributed by atoms with Gasteiger partial charge in [0.15, 0.2) is 5.78 Å². The Balaban J connectivity index is 0.000000181. The Hall–Kier alpha value is -4.13. The minimum Gasteiger partial charge on any atom is -0.427 e. The molecule has 0 saturated carbocycles. The number of benzene rings is 4. The van der Waals surface area contributed by atoms with Crippen LogP contribution in [0.5, 0.6) is 0 Å². The van der Waals surface area contributed by atoms with Crippen LogP contribution in [0.2, 0.25) is 16.9 Å². The fraction of sp³-hybridized carbons (Fsp3) is 0.256. The van der Waals surface area contributed by atoms with Crippen molar-refractivity contribution >= 4 is 83.6 Å². The number of hydrogen-bond acceptors (Lipinski definition) is 8. The van der Waals surface area contributed by atoms with Crippen LogP contribution in [0.15, 0.2) is 85.1 Å². The number of aryl methyl sites for hydroxylation is 1. The molecule has 0 aliphatic carbocycles. The molecular weight excluding hydrogens is 746 g/mol. The molecule has 0 unspecified atom stereocenters. The summed E-state index contributed by atoms with van der Waals surface area (Å²) in [6.45, 7) is 9.00. The fourth-order valence-corrected chi connectivity index (χ4v) is 7.26. The van der Waals surface area contributed by atoms with E-state index in [1.165, 1.54) is 5.56 Å². The third-order valence-corrected chi connectivity index (χ3v) is 10.5. The first kappa shape index (κ1) is 39.6. The van der Waals surface area contributed by atoms with Gasteiger partial charge in [-0.1, -0.05) is 54.3 Å². The third-order valence-electron chi connectivity index (χ3n) is 9.87. The lowest BCUT2D eigenvalue weighted by molar-refractivity contribution is 0.0991. The predicted octanol–water partition coefficient (Wildman–Crippen LogP) is 5.60. The summed E-state index contributed by atoms with van der Waals surface area (Å²) >= 11 is 12.8. The molecule has 15 heteroatoms. The highest BCUT2D eigenvalue weighted by Gasteiger charge is 2.28. The van der Waals surface area contributed by atoms with Crippen molar-refractivity contribution in [2.24, 2.45) is 0 Å². The lowest BCUT2D eigenvalue weighted by atomic mass is 9.64. The number of carbonyl (C=O) groups excluding carboxylic acids is 2. The Bertz CT molecular complexity index is 2180. The molecule has 4 heterocycles. The normalized spacial score (nSPS) is 14.9. The number of likely N-dealkylation sites (N-methyl/N-ethyl adjacent to an activating group) is 1. The van der Waals surface area contributed by atoms with Gasteiger partial charge in [0.2, 0.25) is 0 Å². The van der Waals surface area contributed by atoms with Crippen molar-refractivity contribution in [1.82, 2.24) is 14.7 Å². The lowest BCUT2D eigenvalue weighted by Gasteiger charge is -2.34. The van der Waals surface area contributed by atoms with Gasteiger partial charge < -0.3 is 29.4 Å². The summed E-state index contributed by atoms with van der Waals surface area (Å²) in [5.41, 5.74) is 9.29. The summed E-state index contributed by atoms with van der Waals surface area (Å²) in [5.74, 6) is -0.275. The molecule has 3 aliphatic rings. The number of aromatic nitrogens is 2. The third kappa shape index (κ3) is 8.87. The first-order valence-electron chi connectivity index (χ1n) is 17.6. The summed E-state index contributed by atoms with van der Waals surface area (Å²) < 4.78 is 12.5. The van der Waals surface area contributed by atoms with Crippen LogP contribution in [0.4, 0.5) is 11.4 Å². The number of fused-ring (bicyclic) bond motifs is 2. The van der Waals surface area contributed by atoms with E-state index in [0.29, 0.717) is 34.4 Å². The zero-order valence-corrected chi connectivity index (χ0v) is 32.5. The van der Waals surface area contributed by atoms with Crippen LogP contribution in [0.1, 0.15) is 43.1 Å². The quantitative estimate of drug-likeness (QED) is 0.162. The Kier molecular flexibility index (Phi) is 12.5. The minimum absolute atomic E-state index is 0. The van der Waals surface area contributed by atoms with Crippen LogP contribution in [-0.2, 0) is 28.9 Å². The van der Waals surface area contributed by atoms with Crippen LogP contribution in [0, 0.1) is 6.92 Å². The van der Waals surface area contributed by atoms with Crippen molar-refractivity contribution in [2.75, 3.05) is 43.4 Å². The van der Waals surface area contributed by atoms with E-state index in [2.05, 4.69) is 27.3 Å². The topological polar surface area (TPSA) is 109 Å². The smallest absolute Gasteiger partial charge is 0.427 e. The van der Waals surface area contributed by atoms with E-state index in [1.54, 1.807) is 16.8 Å². The van der Waals surface area contributed by atoms with Crippen molar-refractivity contribution in [1.29, 1.82) is 0 Å². The Labute approximate surface area is 332 Å². The van der Waals surface area contributed by atoms with E-state index in [0.717, 1.165) is 71.0 Å². The van der Waals surface area contributed by atoms with Gasteiger partial charge in [0.1, 0.15) is 0 Å². The standard InChI is InChI=1S/C20H23BClN3O2.C19H16BClN2O3.ClH/c1-21-18-11-15(4-3-14(18)13-27-21)23-20(26)17-6-5-16(12-19(17)22)25-9-7-24(2)8-10-25;1-12-6-7-23(22-12)15-4-5-16(18(21)10-15)19(24)9-13-2-3-14-11-26-20(25)17(14)8-13;/h3-6,11-12H,7-10,13H2,1-2H3,(H,23,26);2-8,10,25H,9,11H2,1H3;1H. The lowest BCUT2D eigenvalue weighted by Crippen LogP contribution is -2.44. The molecule has 0 radical (unpaired) electrons. The zero-order chi connectivity index (χ0) is 37.2. The Morgan fingerprint density at radius 1 is 0.833 bits per heavy atom. The Morgan fingerprint density at radius 3 is 2.22 bits per heavy atom. The van der Waals surface area contributed by atoms with Crippen LogP contribution in [-0.4, -0.2) is 78.7 Å². The SMILES string of the molecule is CB1OCc2ccc(NC(=O)c3ccc(N4CCN(C)CC4)cc3Cl)cc21.Cc1ccn(-c2ccc(C(=O)Cc3ccc4c(c3)B(O)OC4)c(Cl)c2)n1.Cl. The van der Waals surface area contributed by atoms with E-state index < -0.39 is 7.12 Å². The van der Waals surface area contributed by atoms with E-state index in [1.807, 2.05) is 86.7 Å². The molecule has 54 heavy (non-hydrogen) atoms. The predicted molar refractivity (Wildman–Crippen MR) is 219 cm³/mol. The van der Waals surface area contributed by atoms with Crippen LogP contribution in [0.25, 0.3) is 5.69 Å². The number of Topliss-reactive ketones (excluding diaryl/α,β-unsaturated/α-hetero) is 1. The second-order valence-corrected chi connectivity index (χ2v) is 14.5. The highest BCUT2D eigenvalue weighted by Crippen LogP contribution is 2.26. The number of carbonyl (C=O) groups is 2. The summed E-state index contributed by atoms with van der Waals surface area (Å²) in [4.78, 5) is 30.0. The van der Waals surface area contributed by atoms with Crippen LogP contribution < -0.4 is 21.1 Å². The van der Waals surface area contributed by atoms with Crippen molar-refractivity contribution in [2.45, 2.75) is 33.4 Å². The second-order valence-electron chi connectivity index (χ2n) is 13.6. The number of halogens is 3. The monoisotopic (exact) mass is 785 g/mol. The summed E-state index contributed by atoms with van der Waals surface area (Å²) in [5, 5.41) is 18.0.